The fourth-order valence-corrected chi connectivity index (χ4v) is 2.27. The summed E-state index contributed by atoms with van der Waals surface area (Å²) in [4.78, 5) is 12.2. The third-order valence-corrected chi connectivity index (χ3v) is 3.59. The van der Waals surface area contributed by atoms with Crippen LogP contribution in [0, 0.1) is 6.92 Å². The highest BCUT2D eigenvalue weighted by atomic mass is 16.5. The summed E-state index contributed by atoms with van der Waals surface area (Å²) in [6.07, 6.45) is 0. The maximum Gasteiger partial charge on any atom is 0.251 e. The highest BCUT2D eigenvalue weighted by molar-refractivity contribution is 5.94. The second kappa shape index (κ2) is 7.54. The second-order valence-corrected chi connectivity index (χ2v) is 5.04. The Kier molecular flexibility index (Phi) is 5.46. The van der Waals surface area contributed by atoms with E-state index in [0.29, 0.717) is 17.9 Å². The van der Waals surface area contributed by atoms with E-state index in [1.807, 2.05) is 19.1 Å². The summed E-state index contributed by atoms with van der Waals surface area (Å²) >= 11 is 0. The highest BCUT2D eigenvalue weighted by Gasteiger charge is 2.11. The summed E-state index contributed by atoms with van der Waals surface area (Å²) in [5.74, 6) is 2.04. The Morgan fingerprint density at radius 1 is 0.957 bits per heavy atom. The van der Waals surface area contributed by atoms with Crippen LogP contribution < -0.4 is 19.5 Å². The van der Waals surface area contributed by atoms with Crippen molar-refractivity contribution in [2.45, 2.75) is 13.5 Å². The van der Waals surface area contributed by atoms with Gasteiger partial charge >= 0.3 is 0 Å². The number of carbonyl (C=O) groups is 1. The predicted octanol–water partition coefficient (Wildman–Crippen LogP) is 2.95. The topological polar surface area (TPSA) is 56.8 Å². The van der Waals surface area contributed by atoms with Crippen molar-refractivity contribution in [1.29, 1.82) is 0 Å². The van der Waals surface area contributed by atoms with Gasteiger partial charge in [-0.05, 0) is 48.9 Å². The minimum absolute atomic E-state index is 0.158. The number of carbonyl (C=O) groups excluding carboxylic acids is 1. The van der Waals surface area contributed by atoms with E-state index in [-0.39, 0.29) is 5.91 Å². The molecule has 2 rings (SSSR count). The van der Waals surface area contributed by atoms with Gasteiger partial charge in [0.2, 0.25) is 0 Å². The minimum Gasteiger partial charge on any atom is -0.497 e. The van der Waals surface area contributed by atoms with Crippen LogP contribution in [0.4, 0.5) is 0 Å². The third kappa shape index (κ3) is 3.94. The first-order valence-corrected chi connectivity index (χ1v) is 7.22. The van der Waals surface area contributed by atoms with Crippen molar-refractivity contribution in [2.24, 2.45) is 0 Å². The van der Waals surface area contributed by atoms with Crippen molar-refractivity contribution in [3.8, 4) is 17.2 Å². The van der Waals surface area contributed by atoms with Crippen LogP contribution in [0.3, 0.4) is 0 Å². The van der Waals surface area contributed by atoms with Crippen LogP contribution in [0.25, 0.3) is 0 Å². The van der Waals surface area contributed by atoms with Gasteiger partial charge in [0.05, 0.1) is 21.3 Å². The Morgan fingerprint density at radius 3 is 2.17 bits per heavy atom. The lowest BCUT2D eigenvalue weighted by molar-refractivity contribution is 0.0950. The van der Waals surface area contributed by atoms with Crippen molar-refractivity contribution in [3.63, 3.8) is 0 Å². The first-order chi connectivity index (χ1) is 11.1. The molecular weight excluding hydrogens is 294 g/mol. The lowest BCUT2D eigenvalue weighted by Crippen LogP contribution is -2.23. The molecule has 0 aliphatic carbocycles. The molecule has 0 saturated carbocycles. The van der Waals surface area contributed by atoms with Gasteiger partial charge in [-0.25, -0.2) is 0 Å². The van der Waals surface area contributed by atoms with Gasteiger partial charge in [-0.3, -0.25) is 4.79 Å². The summed E-state index contributed by atoms with van der Waals surface area (Å²) in [6.45, 7) is 2.30. The molecule has 0 bridgehead atoms. The third-order valence-electron chi connectivity index (χ3n) is 3.59. The van der Waals surface area contributed by atoms with Gasteiger partial charge in [0.1, 0.15) is 17.2 Å². The Hall–Kier alpha value is -2.69. The molecule has 122 valence electrons. The SMILES string of the molecule is COc1ccc(C(=O)NCc2cc(OC)c(C)cc2OC)cc1. The number of hydrogen-bond donors (Lipinski definition) is 1. The van der Waals surface area contributed by atoms with E-state index in [9.17, 15) is 4.79 Å². The fraction of sp³-hybridized carbons (Fsp3) is 0.278. The van der Waals surface area contributed by atoms with Crippen LogP contribution in [0.1, 0.15) is 21.5 Å². The summed E-state index contributed by atoms with van der Waals surface area (Å²) in [5.41, 5.74) is 2.41. The minimum atomic E-state index is -0.158. The van der Waals surface area contributed by atoms with Crippen molar-refractivity contribution in [1.82, 2.24) is 5.32 Å². The summed E-state index contributed by atoms with van der Waals surface area (Å²) < 4.78 is 15.8. The molecule has 0 aliphatic heterocycles. The van der Waals surface area contributed by atoms with E-state index in [1.54, 1.807) is 45.6 Å². The van der Waals surface area contributed by atoms with Crippen LogP contribution in [0.5, 0.6) is 17.2 Å². The molecule has 1 N–H and O–H groups in total. The summed E-state index contributed by atoms with van der Waals surface area (Å²) in [6, 6.07) is 10.7. The molecular formula is C18H21NO4. The summed E-state index contributed by atoms with van der Waals surface area (Å²) in [5, 5.41) is 2.88. The molecule has 1 amide bonds. The second-order valence-electron chi connectivity index (χ2n) is 5.04. The lowest BCUT2D eigenvalue weighted by Gasteiger charge is -2.14. The Labute approximate surface area is 136 Å². The fourth-order valence-electron chi connectivity index (χ4n) is 2.27. The van der Waals surface area contributed by atoms with Gasteiger partial charge in [-0.1, -0.05) is 0 Å². The molecule has 0 unspecified atom stereocenters. The zero-order valence-electron chi connectivity index (χ0n) is 13.8. The van der Waals surface area contributed by atoms with Crippen molar-refractivity contribution >= 4 is 5.91 Å². The number of aryl methyl sites for hydroxylation is 1. The number of amides is 1. The van der Waals surface area contributed by atoms with E-state index >= 15 is 0 Å². The molecule has 0 aliphatic rings. The van der Waals surface area contributed by atoms with Crippen LogP contribution in [-0.2, 0) is 6.54 Å². The van der Waals surface area contributed by atoms with E-state index in [2.05, 4.69) is 5.32 Å². The maximum absolute atomic E-state index is 12.2. The molecule has 0 heterocycles. The van der Waals surface area contributed by atoms with Crippen LogP contribution >= 0.6 is 0 Å². The van der Waals surface area contributed by atoms with Crippen molar-refractivity contribution < 1.29 is 19.0 Å². The number of methoxy groups -OCH3 is 3. The standard InChI is InChI=1S/C18H21NO4/c1-12-9-17(23-4)14(10-16(12)22-3)11-19-18(20)13-5-7-15(21-2)8-6-13/h5-10H,11H2,1-4H3,(H,19,20). The molecule has 0 fully saturated rings. The molecule has 0 atom stereocenters. The van der Waals surface area contributed by atoms with Gasteiger partial charge in [0.25, 0.3) is 5.91 Å². The predicted molar refractivity (Wildman–Crippen MR) is 88.4 cm³/mol. The quantitative estimate of drug-likeness (QED) is 0.890. The molecule has 0 saturated heterocycles. The Morgan fingerprint density at radius 2 is 1.61 bits per heavy atom. The Balaban J connectivity index is 2.11. The molecule has 0 radical (unpaired) electrons. The monoisotopic (exact) mass is 315 g/mol. The number of rotatable bonds is 6. The van der Waals surface area contributed by atoms with Crippen LogP contribution in [-0.4, -0.2) is 27.2 Å². The molecule has 0 aromatic heterocycles. The Bertz CT molecular complexity index is 680. The van der Waals surface area contributed by atoms with Gasteiger partial charge in [-0.2, -0.15) is 0 Å². The van der Waals surface area contributed by atoms with E-state index in [0.717, 1.165) is 22.6 Å². The average Bonchev–Trinajstić information content (AvgIpc) is 2.60. The number of ether oxygens (including phenoxy) is 3. The molecule has 0 spiro atoms. The molecule has 5 nitrogen and oxygen atoms in total. The van der Waals surface area contributed by atoms with Gasteiger partial charge in [-0.15, -0.1) is 0 Å². The van der Waals surface area contributed by atoms with E-state index in [4.69, 9.17) is 14.2 Å². The highest BCUT2D eigenvalue weighted by Crippen LogP contribution is 2.28. The normalized spacial score (nSPS) is 10.1. The van der Waals surface area contributed by atoms with Gasteiger partial charge in [0, 0.05) is 17.7 Å². The number of hydrogen-bond acceptors (Lipinski definition) is 4. The van der Waals surface area contributed by atoms with Crippen molar-refractivity contribution in [2.75, 3.05) is 21.3 Å². The molecule has 23 heavy (non-hydrogen) atoms. The number of nitrogens with one attached hydrogen (secondary N) is 1. The van der Waals surface area contributed by atoms with Crippen LogP contribution in [0.15, 0.2) is 36.4 Å². The maximum atomic E-state index is 12.2. The molecule has 2 aromatic carbocycles. The molecule has 5 heteroatoms. The molecule has 2 aromatic rings. The first kappa shape index (κ1) is 16.7. The van der Waals surface area contributed by atoms with Crippen LogP contribution in [0.2, 0.25) is 0 Å². The number of benzene rings is 2. The zero-order valence-corrected chi connectivity index (χ0v) is 13.8. The summed E-state index contributed by atoms with van der Waals surface area (Å²) in [7, 11) is 4.82. The first-order valence-electron chi connectivity index (χ1n) is 7.22. The lowest BCUT2D eigenvalue weighted by atomic mass is 10.1. The smallest absolute Gasteiger partial charge is 0.251 e. The van der Waals surface area contributed by atoms with Gasteiger partial charge in [0.15, 0.2) is 0 Å². The van der Waals surface area contributed by atoms with Gasteiger partial charge < -0.3 is 19.5 Å². The zero-order chi connectivity index (χ0) is 16.8. The van der Waals surface area contributed by atoms with Crippen molar-refractivity contribution in [3.05, 3.63) is 53.1 Å². The largest absolute Gasteiger partial charge is 0.497 e. The average molecular weight is 315 g/mol. The van der Waals surface area contributed by atoms with E-state index in [1.165, 1.54) is 0 Å². The van der Waals surface area contributed by atoms with E-state index < -0.39 is 0 Å².